The van der Waals surface area contributed by atoms with Crippen LogP contribution in [0.15, 0.2) is 42.5 Å². The van der Waals surface area contributed by atoms with Crippen LogP contribution in [0.25, 0.3) is 6.08 Å². The molecule has 2 aliphatic rings. The molecule has 1 atom stereocenters. The van der Waals surface area contributed by atoms with Crippen molar-refractivity contribution < 1.29 is 23.8 Å². The maximum Gasteiger partial charge on any atom is 0.328 e. The van der Waals surface area contributed by atoms with Crippen molar-refractivity contribution >= 4 is 23.6 Å². The average Bonchev–Trinajstić information content (AvgIpc) is 3.58. The molecule has 3 aromatic rings. The summed E-state index contributed by atoms with van der Waals surface area (Å²) in [5.41, 5.74) is 1.39. The van der Waals surface area contributed by atoms with Gasteiger partial charge in [0.05, 0.1) is 19.2 Å². The minimum Gasteiger partial charge on any atom is -0.478 e. The van der Waals surface area contributed by atoms with Gasteiger partial charge in [0.2, 0.25) is 5.88 Å². The second-order valence-electron chi connectivity index (χ2n) is 9.87. The first-order chi connectivity index (χ1) is 18.9. The van der Waals surface area contributed by atoms with Gasteiger partial charge in [-0.1, -0.05) is 23.7 Å². The van der Waals surface area contributed by atoms with Crippen LogP contribution in [0.1, 0.15) is 54.5 Å². The van der Waals surface area contributed by atoms with E-state index in [0.717, 1.165) is 63.0 Å². The monoisotopic (exact) mass is 555 g/mol. The molecule has 4 heterocycles. The number of pyridine rings is 1. The molecule has 39 heavy (non-hydrogen) atoms. The zero-order chi connectivity index (χ0) is 27.2. The Hall–Kier alpha value is -3.34. The number of ether oxygens (including phenoxy) is 2. The van der Waals surface area contributed by atoms with E-state index in [-0.39, 0.29) is 18.6 Å². The topological polar surface area (TPSA) is 103 Å². The average molecular weight is 556 g/mol. The molecule has 0 aliphatic carbocycles. The summed E-state index contributed by atoms with van der Waals surface area (Å²) in [5, 5.41) is 18.0. The van der Waals surface area contributed by atoms with E-state index in [1.807, 2.05) is 16.7 Å². The Morgan fingerprint density at radius 1 is 1.21 bits per heavy atom. The van der Waals surface area contributed by atoms with Crippen LogP contribution >= 0.6 is 11.6 Å². The lowest BCUT2D eigenvalue weighted by atomic mass is 9.93. The minimum absolute atomic E-state index is 0.0775. The molecule has 5 rings (SSSR count). The summed E-state index contributed by atoms with van der Waals surface area (Å²) in [6.45, 7) is 3.77. The number of carbonyl (C=O) groups is 1. The van der Waals surface area contributed by atoms with Crippen molar-refractivity contribution in [2.24, 2.45) is 0 Å². The van der Waals surface area contributed by atoms with Gasteiger partial charge in [-0.2, -0.15) is 0 Å². The fourth-order valence-corrected chi connectivity index (χ4v) is 5.20. The third kappa shape index (κ3) is 7.20. The summed E-state index contributed by atoms with van der Waals surface area (Å²) < 4.78 is 27.6. The van der Waals surface area contributed by atoms with Crippen molar-refractivity contribution in [3.63, 3.8) is 0 Å². The summed E-state index contributed by atoms with van der Waals surface area (Å²) in [7, 11) is 0. The van der Waals surface area contributed by atoms with Gasteiger partial charge in [0.15, 0.2) is 5.82 Å². The second-order valence-corrected chi connectivity index (χ2v) is 10.3. The van der Waals surface area contributed by atoms with Gasteiger partial charge in [0.25, 0.3) is 0 Å². The van der Waals surface area contributed by atoms with E-state index in [1.54, 1.807) is 18.2 Å². The van der Waals surface area contributed by atoms with Crippen LogP contribution in [0.5, 0.6) is 5.88 Å². The van der Waals surface area contributed by atoms with Crippen molar-refractivity contribution in [3.05, 3.63) is 76.2 Å². The molecule has 0 saturated carbocycles. The molecule has 0 spiro atoms. The third-order valence-electron chi connectivity index (χ3n) is 7.15. The van der Waals surface area contributed by atoms with E-state index < -0.39 is 11.8 Å². The van der Waals surface area contributed by atoms with E-state index in [1.165, 1.54) is 12.1 Å². The van der Waals surface area contributed by atoms with Crippen LogP contribution in [-0.2, 0) is 29.2 Å². The van der Waals surface area contributed by atoms with Crippen molar-refractivity contribution in [3.8, 4) is 5.88 Å². The SMILES string of the molecule is O=C(O)/C=C/c1nnc(CN2CCC(c3cccc(OCc4ccc(Cl)cc4F)n3)CC2)n1CC1CCCO1. The summed E-state index contributed by atoms with van der Waals surface area (Å²) >= 11 is 5.83. The van der Waals surface area contributed by atoms with Crippen LogP contribution < -0.4 is 4.74 Å². The predicted octanol–water partition coefficient (Wildman–Crippen LogP) is 4.70. The Bertz CT molecular complexity index is 1320. The van der Waals surface area contributed by atoms with Crippen molar-refractivity contribution in [2.75, 3.05) is 19.7 Å². The molecule has 1 unspecified atom stereocenters. The number of halogens is 2. The number of hydrogen-bond donors (Lipinski definition) is 1. The van der Waals surface area contributed by atoms with Gasteiger partial charge < -0.3 is 19.1 Å². The first-order valence-electron chi connectivity index (χ1n) is 13.2. The Balaban J connectivity index is 1.19. The number of nitrogens with zero attached hydrogens (tertiary/aromatic N) is 5. The second kappa shape index (κ2) is 12.7. The molecule has 1 aromatic carbocycles. The molecule has 0 radical (unpaired) electrons. The number of likely N-dealkylation sites (tertiary alicyclic amines) is 1. The highest BCUT2D eigenvalue weighted by Gasteiger charge is 2.25. The Morgan fingerprint density at radius 3 is 2.79 bits per heavy atom. The lowest BCUT2D eigenvalue weighted by Gasteiger charge is -2.31. The van der Waals surface area contributed by atoms with Gasteiger partial charge in [-0.15, -0.1) is 10.2 Å². The molecular weight excluding hydrogens is 525 g/mol. The molecule has 2 aromatic heterocycles. The fraction of sp³-hybridized carbons (Fsp3) is 0.429. The van der Waals surface area contributed by atoms with E-state index in [0.29, 0.717) is 35.4 Å². The highest BCUT2D eigenvalue weighted by Crippen LogP contribution is 2.29. The number of benzene rings is 1. The van der Waals surface area contributed by atoms with Crippen LogP contribution in [0.3, 0.4) is 0 Å². The lowest BCUT2D eigenvalue weighted by Crippen LogP contribution is -2.34. The number of piperidine rings is 1. The van der Waals surface area contributed by atoms with Crippen LogP contribution in [0.2, 0.25) is 5.02 Å². The molecule has 2 fully saturated rings. The maximum absolute atomic E-state index is 14.1. The molecule has 206 valence electrons. The van der Waals surface area contributed by atoms with Gasteiger partial charge in [-0.25, -0.2) is 14.2 Å². The molecule has 2 aliphatic heterocycles. The van der Waals surface area contributed by atoms with Gasteiger partial charge in [0.1, 0.15) is 18.2 Å². The van der Waals surface area contributed by atoms with Crippen molar-refractivity contribution in [1.82, 2.24) is 24.6 Å². The van der Waals surface area contributed by atoms with Gasteiger partial charge in [0, 0.05) is 40.9 Å². The van der Waals surface area contributed by atoms with Gasteiger partial charge >= 0.3 is 5.97 Å². The molecule has 0 amide bonds. The number of hydrogen-bond acceptors (Lipinski definition) is 7. The number of rotatable bonds is 10. The zero-order valence-corrected chi connectivity index (χ0v) is 22.3. The van der Waals surface area contributed by atoms with Crippen LogP contribution in [-0.4, -0.2) is 61.5 Å². The molecule has 1 N–H and O–H groups in total. The summed E-state index contributed by atoms with van der Waals surface area (Å²) in [4.78, 5) is 18.1. The smallest absolute Gasteiger partial charge is 0.328 e. The number of aromatic nitrogens is 4. The molecule has 9 nitrogen and oxygen atoms in total. The Kier molecular flexibility index (Phi) is 8.85. The summed E-state index contributed by atoms with van der Waals surface area (Å²) in [6.07, 6.45) is 6.50. The maximum atomic E-state index is 14.1. The lowest BCUT2D eigenvalue weighted by molar-refractivity contribution is -0.131. The van der Waals surface area contributed by atoms with Crippen LogP contribution in [0.4, 0.5) is 4.39 Å². The van der Waals surface area contributed by atoms with Crippen LogP contribution in [0, 0.1) is 5.82 Å². The van der Waals surface area contributed by atoms with E-state index in [9.17, 15) is 9.18 Å². The molecule has 2 saturated heterocycles. The minimum atomic E-state index is -1.02. The Morgan fingerprint density at radius 2 is 2.05 bits per heavy atom. The summed E-state index contributed by atoms with van der Waals surface area (Å²) in [6, 6.07) is 10.2. The number of aliphatic carboxylic acids is 1. The first-order valence-corrected chi connectivity index (χ1v) is 13.5. The highest BCUT2D eigenvalue weighted by atomic mass is 35.5. The van der Waals surface area contributed by atoms with E-state index in [4.69, 9.17) is 31.2 Å². The third-order valence-corrected chi connectivity index (χ3v) is 7.38. The molecule has 0 bridgehead atoms. The predicted molar refractivity (Wildman–Crippen MR) is 143 cm³/mol. The van der Waals surface area contributed by atoms with Gasteiger partial charge in [-0.3, -0.25) is 4.90 Å². The van der Waals surface area contributed by atoms with Crippen molar-refractivity contribution in [2.45, 2.75) is 57.4 Å². The van der Waals surface area contributed by atoms with Gasteiger partial charge in [-0.05, 0) is 63.0 Å². The molecule has 11 heteroatoms. The number of carboxylic acids is 1. The highest BCUT2D eigenvalue weighted by molar-refractivity contribution is 6.30. The normalized spacial score (nSPS) is 18.7. The van der Waals surface area contributed by atoms with Crippen molar-refractivity contribution in [1.29, 1.82) is 0 Å². The quantitative estimate of drug-likeness (QED) is 0.359. The van der Waals surface area contributed by atoms with E-state index >= 15 is 0 Å². The summed E-state index contributed by atoms with van der Waals surface area (Å²) in [5.74, 6) is 0.659. The molecular formula is C28H31ClFN5O4. The fourth-order valence-electron chi connectivity index (χ4n) is 5.04. The first kappa shape index (κ1) is 27.2. The Labute approximate surface area is 231 Å². The van der Waals surface area contributed by atoms with E-state index in [2.05, 4.69) is 15.1 Å². The largest absolute Gasteiger partial charge is 0.478 e. The zero-order valence-electron chi connectivity index (χ0n) is 21.5. The standard InChI is InChI=1S/C28H31ClFN5O4/c29-21-7-6-20(23(30)15-21)18-39-27-5-1-4-24(31-27)19-10-12-34(13-11-19)17-26-33-32-25(8-9-28(36)37)35(26)16-22-3-2-14-38-22/h1,4-9,15,19,22H,2-3,10-14,16-18H2,(H,36,37)/b9-8+. The number of carboxylic acid groups (broad SMARTS) is 1.